The summed E-state index contributed by atoms with van der Waals surface area (Å²) in [6, 6.07) is 13.4. The number of amides is 2. The van der Waals surface area contributed by atoms with E-state index < -0.39 is 11.8 Å². The van der Waals surface area contributed by atoms with Gasteiger partial charge in [0.1, 0.15) is 5.58 Å². The maximum Gasteiger partial charge on any atom is 0.305 e. The quantitative estimate of drug-likeness (QED) is 0.648. The van der Waals surface area contributed by atoms with Crippen molar-refractivity contribution in [3.05, 3.63) is 69.3 Å². The van der Waals surface area contributed by atoms with Crippen LogP contribution in [0.2, 0.25) is 5.02 Å². The highest BCUT2D eigenvalue weighted by Crippen LogP contribution is 2.23. The van der Waals surface area contributed by atoms with Crippen LogP contribution < -0.4 is 10.9 Å². The number of furan rings is 1. The summed E-state index contributed by atoms with van der Waals surface area (Å²) in [6.07, 6.45) is 0. The van der Waals surface area contributed by atoms with Crippen LogP contribution in [-0.4, -0.2) is 11.8 Å². The van der Waals surface area contributed by atoms with Gasteiger partial charge in [0, 0.05) is 20.4 Å². The molecule has 7 heteroatoms. The lowest BCUT2D eigenvalue weighted by Gasteiger charge is -2.05. The van der Waals surface area contributed by atoms with Crippen molar-refractivity contribution >= 4 is 50.3 Å². The molecule has 0 spiro atoms. The van der Waals surface area contributed by atoms with Crippen LogP contribution in [0.15, 0.2) is 57.4 Å². The predicted octanol–water partition coefficient (Wildman–Crippen LogP) is 3.92. The molecule has 0 bridgehead atoms. The fourth-order valence-electron chi connectivity index (χ4n) is 2.00. The lowest BCUT2D eigenvalue weighted by Crippen LogP contribution is -2.41. The normalized spacial score (nSPS) is 10.5. The first kappa shape index (κ1) is 15.6. The SMILES string of the molecule is O=C(NNC(=O)c1cc2cc(Br)ccc2o1)c1cccc(Cl)c1. The molecule has 2 amide bonds. The minimum Gasteiger partial charge on any atom is -0.451 e. The number of hydrogen-bond acceptors (Lipinski definition) is 3. The monoisotopic (exact) mass is 392 g/mol. The molecule has 0 aliphatic rings. The Labute approximate surface area is 144 Å². The Bertz CT molecular complexity index is 907. The first-order valence-corrected chi connectivity index (χ1v) is 7.75. The van der Waals surface area contributed by atoms with E-state index in [0.717, 1.165) is 9.86 Å². The number of nitrogens with one attached hydrogen (secondary N) is 2. The van der Waals surface area contributed by atoms with E-state index in [2.05, 4.69) is 26.8 Å². The van der Waals surface area contributed by atoms with Crippen LogP contribution in [0.5, 0.6) is 0 Å². The first-order chi connectivity index (χ1) is 11.0. The molecule has 0 atom stereocenters. The van der Waals surface area contributed by atoms with Crippen molar-refractivity contribution in [2.24, 2.45) is 0 Å². The predicted molar refractivity (Wildman–Crippen MR) is 90.3 cm³/mol. The molecule has 1 aromatic heterocycles. The van der Waals surface area contributed by atoms with Gasteiger partial charge in [0.25, 0.3) is 5.91 Å². The van der Waals surface area contributed by atoms with E-state index in [0.29, 0.717) is 16.2 Å². The minimum absolute atomic E-state index is 0.101. The number of fused-ring (bicyclic) bond motifs is 1. The molecule has 1 heterocycles. The second-order valence-electron chi connectivity index (χ2n) is 4.71. The largest absolute Gasteiger partial charge is 0.451 e. The van der Waals surface area contributed by atoms with Gasteiger partial charge in [0.2, 0.25) is 0 Å². The zero-order valence-corrected chi connectivity index (χ0v) is 13.9. The lowest BCUT2D eigenvalue weighted by molar-refractivity contribution is 0.0832. The molecule has 0 saturated carbocycles. The van der Waals surface area contributed by atoms with Crippen molar-refractivity contribution in [2.75, 3.05) is 0 Å². The van der Waals surface area contributed by atoms with Gasteiger partial charge < -0.3 is 4.42 Å². The molecule has 0 saturated heterocycles. The molecule has 116 valence electrons. The maximum absolute atomic E-state index is 12.0. The fourth-order valence-corrected chi connectivity index (χ4v) is 2.57. The van der Waals surface area contributed by atoms with Gasteiger partial charge in [-0.1, -0.05) is 33.6 Å². The van der Waals surface area contributed by atoms with Gasteiger partial charge in [-0.05, 0) is 42.5 Å². The molecule has 5 nitrogen and oxygen atoms in total. The Balaban J connectivity index is 1.69. The number of hydrazine groups is 1. The van der Waals surface area contributed by atoms with Crippen LogP contribution >= 0.6 is 27.5 Å². The third-order valence-electron chi connectivity index (χ3n) is 3.08. The van der Waals surface area contributed by atoms with Gasteiger partial charge in [-0.15, -0.1) is 0 Å². The third-order valence-corrected chi connectivity index (χ3v) is 3.81. The summed E-state index contributed by atoms with van der Waals surface area (Å²) in [5.41, 5.74) is 5.54. The summed E-state index contributed by atoms with van der Waals surface area (Å²) in [5, 5.41) is 1.22. The highest BCUT2D eigenvalue weighted by molar-refractivity contribution is 9.10. The standard InChI is InChI=1S/C16H10BrClN2O3/c17-11-4-5-13-10(6-11)8-14(23-13)16(22)20-19-15(21)9-2-1-3-12(18)7-9/h1-8H,(H,19,21)(H,20,22). The summed E-state index contributed by atoms with van der Waals surface area (Å²) < 4.78 is 6.32. The second kappa shape index (κ2) is 6.44. The van der Waals surface area contributed by atoms with Gasteiger partial charge >= 0.3 is 5.91 Å². The zero-order chi connectivity index (χ0) is 16.4. The number of halogens is 2. The molecule has 2 N–H and O–H groups in total. The summed E-state index contributed by atoms with van der Waals surface area (Å²) in [7, 11) is 0. The number of carbonyl (C=O) groups is 2. The molecule has 23 heavy (non-hydrogen) atoms. The van der Waals surface area contributed by atoms with Crippen molar-refractivity contribution in [3.8, 4) is 0 Å². The van der Waals surface area contributed by atoms with Crippen LogP contribution in [0.4, 0.5) is 0 Å². The van der Waals surface area contributed by atoms with Crippen molar-refractivity contribution in [1.82, 2.24) is 10.9 Å². The molecule has 3 aromatic rings. The van der Waals surface area contributed by atoms with Crippen LogP contribution in [-0.2, 0) is 0 Å². The molecule has 0 fully saturated rings. The Morgan fingerprint density at radius 2 is 1.78 bits per heavy atom. The molecule has 2 aromatic carbocycles. The summed E-state index contributed by atoms with van der Waals surface area (Å²) in [6.45, 7) is 0. The summed E-state index contributed by atoms with van der Waals surface area (Å²) >= 11 is 9.17. The molecule has 0 aliphatic heterocycles. The smallest absolute Gasteiger partial charge is 0.305 e. The van der Waals surface area contributed by atoms with Crippen molar-refractivity contribution in [3.63, 3.8) is 0 Å². The first-order valence-electron chi connectivity index (χ1n) is 6.58. The van der Waals surface area contributed by atoms with E-state index in [1.807, 2.05) is 12.1 Å². The highest BCUT2D eigenvalue weighted by Gasteiger charge is 2.14. The molecular weight excluding hydrogens is 384 g/mol. The molecule has 3 rings (SSSR count). The van der Waals surface area contributed by atoms with E-state index in [-0.39, 0.29) is 5.76 Å². The van der Waals surface area contributed by atoms with Gasteiger partial charge in [-0.3, -0.25) is 20.4 Å². The Morgan fingerprint density at radius 1 is 1.00 bits per heavy atom. The fraction of sp³-hybridized carbons (Fsp3) is 0. The van der Waals surface area contributed by atoms with E-state index in [1.54, 1.807) is 30.3 Å². The minimum atomic E-state index is -0.548. The van der Waals surface area contributed by atoms with E-state index in [1.165, 1.54) is 6.07 Å². The molecule has 0 unspecified atom stereocenters. The van der Waals surface area contributed by atoms with Crippen molar-refractivity contribution < 1.29 is 14.0 Å². The van der Waals surface area contributed by atoms with E-state index >= 15 is 0 Å². The Kier molecular flexibility index (Phi) is 4.36. The Hall–Kier alpha value is -2.31. The third kappa shape index (κ3) is 3.55. The number of carbonyl (C=O) groups excluding carboxylic acids is 2. The molecular formula is C16H10BrClN2O3. The van der Waals surface area contributed by atoms with E-state index in [9.17, 15) is 9.59 Å². The van der Waals surface area contributed by atoms with E-state index in [4.69, 9.17) is 16.0 Å². The van der Waals surface area contributed by atoms with Gasteiger partial charge in [0.05, 0.1) is 0 Å². The van der Waals surface area contributed by atoms with Gasteiger partial charge in [-0.2, -0.15) is 0 Å². The van der Waals surface area contributed by atoms with Gasteiger partial charge in [-0.25, -0.2) is 0 Å². The van der Waals surface area contributed by atoms with Crippen LogP contribution in [0, 0.1) is 0 Å². The van der Waals surface area contributed by atoms with Gasteiger partial charge in [0.15, 0.2) is 5.76 Å². The zero-order valence-electron chi connectivity index (χ0n) is 11.6. The average molecular weight is 394 g/mol. The number of benzene rings is 2. The van der Waals surface area contributed by atoms with Crippen molar-refractivity contribution in [1.29, 1.82) is 0 Å². The topological polar surface area (TPSA) is 71.3 Å². The molecule has 0 radical (unpaired) electrons. The Morgan fingerprint density at radius 3 is 2.57 bits per heavy atom. The van der Waals surface area contributed by atoms with Crippen LogP contribution in [0.3, 0.4) is 0 Å². The lowest BCUT2D eigenvalue weighted by atomic mass is 10.2. The number of rotatable bonds is 2. The highest BCUT2D eigenvalue weighted by atomic mass is 79.9. The van der Waals surface area contributed by atoms with Crippen LogP contribution in [0.1, 0.15) is 20.9 Å². The molecule has 0 aliphatic carbocycles. The summed E-state index contributed by atoms with van der Waals surface area (Å²) in [4.78, 5) is 24.0. The second-order valence-corrected chi connectivity index (χ2v) is 6.06. The number of hydrogen-bond donors (Lipinski definition) is 2. The average Bonchev–Trinajstić information content (AvgIpc) is 2.95. The van der Waals surface area contributed by atoms with Crippen LogP contribution in [0.25, 0.3) is 11.0 Å². The van der Waals surface area contributed by atoms with Crippen molar-refractivity contribution in [2.45, 2.75) is 0 Å². The summed E-state index contributed by atoms with van der Waals surface area (Å²) in [5.74, 6) is -0.920. The maximum atomic E-state index is 12.0.